The van der Waals surface area contributed by atoms with Crippen molar-refractivity contribution in [3.8, 4) is 5.75 Å². The lowest BCUT2D eigenvalue weighted by atomic mass is 10.2. The molecule has 4 heteroatoms. The fraction of sp³-hybridized carbons (Fsp3) is 0.188. The summed E-state index contributed by atoms with van der Waals surface area (Å²) in [5.41, 5.74) is 1.40. The van der Waals surface area contributed by atoms with Gasteiger partial charge in [-0.15, -0.1) is 0 Å². The molecule has 20 heavy (non-hydrogen) atoms. The fourth-order valence-electron chi connectivity index (χ4n) is 1.66. The van der Waals surface area contributed by atoms with E-state index >= 15 is 0 Å². The smallest absolute Gasteiger partial charge is 0.255 e. The topological polar surface area (TPSA) is 51.5 Å². The van der Waals surface area contributed by atoms with Gasteiger partial charge in [0.25, 0.3) is 5.91 Å². The molecule has 0 bridgehead atoms. The number of furan rings is 1. The van der Waals surface area contributed by atoms with Gasteiger partial charge < -0.3 is 14.5 Å². The zero-order valence-electron chi connectivity index (χ0n) is 11.4. The van der Waals surface area contributed by atoms with Crippen LogP contribution in [-0.4, -0.2) is 12.5 Å². The van der Waals surface area contributed by atoms with Crippen LogP contribution in [0.1, 0.15) is 23.0 Å². The lowest BCUT2D eigenvalue weighted by Gasteiger charge is -2.11. The standard InChI is InChI=1S/C16H17NO3/c1-12(2)11-20-15-8-4-3-7-14(15)16(18)17-10-13-6-5-9-19-13/h3-9H,1,10-11H2,2H3,(H,17,18). The number of ether oxygens (including phenoxy) is 1. The molecule has 2 rings (SSSR count). The molecule has 1 amide bonds. The third-order valence-corrected chi connectivity index (χ3v) is 2.61. The van der Waals surface area contributed by atoms with E-state index in [1.807, 2.05) is 19.1 Å². The highest BCUT2D eigenvalue weighted by molar-refractivity contribution is 5.96. The largest absolute Gasteiger partial charge is 0.488 e. The summed E-state index contributed by atoms with van der Waals surface area (Å²) in [7, 11) is 0. The van der Waals surface area contributed by atoms with Crippen molar-refractivity contribution in [3.63, 3.8) is 0 Å². The molecule has 0 aliphatic rings. The summed E-state index contributed by atoms with van der Waals surface area (Å²) < 4.78 is 10.7. The van der Waals surface area contributed by atoms with Crippen LogP contribution in [0, 0.1) is 0 Å². The number of carbonyl (C=O) groups is 1. The second-order valence-corrected chi connectivity index (χ2v) is 4.50. The number of hydrogen-bond donors (Lipinski definition) is 1. The van der Waals surface area contributed by atoms with Crippen LogP contribution in [-0.2, 0) is 6.54 Å². The van der Waals surface area contributed by atoms with Crippen LogP contribution in [0.5, 0.6) is 5.75 Å². The van der Waals surface area contributed by atoms with Crippen molar-refractivity contribution in [1.82, 2.24) is 5.32 Å². The number of nitrogens with one attached hydrogen (secondary N) is 1. The Kier molecular flexibility index (Phi) is 4.60. The Labute approximate surface area is 118 Å². The molecule has 4 nitrogen and oxygen atoms in total. The van der Waals surface area contributed by atoms with E-state index < -0.39 is 0 Å². The van der Waals surface area contributed by atoms with Crippen molar-refractivity contribution in [1.29, 1.82) is 0 Å². The zero-order chi connectivity index (χ0) is 14.4. The van der Waals surface area contributed by atoms with Crippen molar-refractivity contribution in [2.24, 2.45) is 0 Å². The molecule has 0 atom stereocenters. The van der Waals surface area contributed by atoms with Gasteiger partial charge in [-0.1, -0.05) is 18.7 Å². The van der Waals surface area contributed by atoms with Gasteiger partial charge in [0, 0.05) is 0 Å². The van der Waals surface area contributed by atoms with E-state index in [1.54, 1.807) is 30.5 Å². The first-order valence-electron chi connectivity index (χ1n) is 6.33. The van der Waals surface area contributed by atoms with Crippen molar-refractivity contribution in [3.05, 3.63) is 66.1 Å². The lowest BCUT2D eigenvalue weighted by molar-refractivity contribution is 0.0944. The van der Waals surface area contributed by atoms with Crippen LogP contribution < -0.4 is 10.1 Å². The zero-order valence-corrected chi connectivity index (χ0v) is 11.4. The maximum atomic E-state index is 12.2. The first kappa shape index (κ1) is 13.9. The number of carbonyl (C=O) groups excluding carboxylic acids is 1. The average Bonchev–Trinajstić information content (AvgIpc) is 2.96. The Balaban J connectivity index is 2.03. The Hall–Kier alpha value is -2.49. The molecule has 1 aromatic carbocycles. The Morgan fingerprint density at radius 2 is 2.10 bits per heavy atom. The molecular formula is C16H17NO3. The van der Waals surface area contributed by atoms with Gasteiger partial charge in [-0.2, -0.15) is 0 Å². The molecule has 0 radical (unpaired) electrons. The van der Waals surface area contributed by atoms with Crippen molar-refractivity contribution in [2.75, 3.05) is 6.61 Å². The van der Waals surface area contributed by atoms with Crippen LogP contribution in [0.15, 0.2) is 59.2 Å². The number of benzene rings is 1. The molecule has 0 aliphatic heterocycles. The van der Waals surface area contributed by atoms with Crippen LogP contribution in [0.3, 0.4) is 0 Å². The lowest BCUT2D eigenvalue weighted by Crippen LogP contribution is -2.23. The predicted octanol–water partition coefficient (Wildman–Crippen LogP) is 3.16. The normalized spacial score (nSPS) is 10.1. The maximum Gasteiger partial charge on any atom is 0.255 e. The van der Waals surface area contributed by atoms with Crippen LogP contribution >= 0.6 is 0 Å². The van der Waals surface area contributed by atoms with Crippen molar-refractivity contribution >= 4 is 5.91 Å². The van der Waals surface area contributed by atoms with Gasteiger partial charge in [-0.3, -0.25) is 4.79 Å². The third kappa shape index (κ3) is 3.75. The summed E-state index contributed by atoms with van der Waals surface area (Å²) in [5, 5.41) is 2.79. The Morgan fingerprint density at radius 1 is 1.30 bits per heavy atom. The minimum atomic E-state index is -0.196. The summed E-state index contributed by atoms with van der Waals surface area (Å²) >= 11 is 0. The van der Waals surface area contributed by atoms with Gasteiger partial charge >= 0.3 is 0 Å². The van der Waals surface area contributed by atoms with Gasteiger partial charge in [0.1, 0.15) is 18.1 Å². The summed E-state index contributed by atoms with van der Waals surface area (Å²) in [6.07, 6.45) is 1.57. The van der Waals surface area contributed by atoms with Gasteiger partial charge in [0.05, 0.1) is 18.4 Å². The van der Waals surface area contributed by atoms with E-state index in [-0.39, 0.29) is 5.91 Å². The summed E-state index contributed by atoms with van der Waals surface area (Å²) in [6.45, 7) is 6.39. The first-order chi connectivity index (χ1) is 9.66. The molecular weight excluding hydrogens is 254 g/mol. The highest BCUT2D eigenvalue weighted by atomic mass is 16.5. The highest BCUT2D eigenvalue weighted by Crippen LogP contribution is 2.18. The van der Waals surface area contributed by atoms with Gasteiger partial charge in [0.15, 0.2) is 0 Å². The maximum absolute atomic E-state index is 12.2. The van der Waals surface area contributed by atoms with E-state index in [0.29, 0.717) is 30.2 Å². The predicted molar refractivity (Wildman–Crippen MR) is 76.6 cm³/mol. The summed E-state index contributed by atoms with van der Waals surface area (Å²) in [5.74, 6) is 1.06. The molecule has 0 unspecified atom stereocenters. The van der Waals surface area contributed by atoms with E-state index in [4.69, 9.17) is 9.15 Å². The molecule has 2 aromatic rings. The van der Waals surface area contributed by atoms with Crippen molar-refractivity contribution < 1.29 is 13.9 Å². The molecule has 1 aromatic heterocycles. The number of para-hydroxylation sites is 1. The Bertz CT molecular complexity index is 588. The second-order valence-electron chi connectivity index (χ2n) is 4.50. The van der Waals surface area contributed by atoms with Crippen LogP contribution in [0.2, 0.25) is 0 Å². The van der Waals surface area contributed by atoms with E-state index in [1.165, 1.54) is 0 Å². The van der Waals surface area contributed by atoms with Crippen LogP contribution in [0.25, 0.3) is 0 Å². The molecule has 0 saturated carbocycles. The molecule has 0 aliphatic carbocycles. The summed E-state index contributed by atoms with van der Waals surface area (Å²) in [6, 6.07) is 10.7. The molecule has 0 fully saturated rings. The fourth-order valence-corrected chi connectivity index (χ4v) is 1.66. The number of amides is 1. The second kappa shape index (κ2) is 6.61. The first-order valence-corrected chi connectivity index (χ1v) is 6.33. The number of rotatable bonds is 6. The highest BCUT2D eigenvalue weighted by Gasteiger charge is 2.12. The summed E-state index contributed by atoms with van der Waals surface area (Å²) in [4.78, 5) is 12.2. The monoisotopic (exact) mass is 271 g/mol. The number of hydrogen-bond acceptors (Lipinski definition) is 3. The van der Waals surface area contributed by atoms with Gasteiger partial charge in [-0.05, 0) is 36.8 Å². The van der Waals surface area contributed by atoms with E-state index in [0.717, 1.165) is 5.57 Å². The molecule has 1 heterocycles. The quantitative estimate of drug-likeness (QED) is 0.821. The molecule has 104 valence electrons. The Morgan fingerprint density at radius 3 is 2.80 bits per heavy atom. The minimum Gasteiger partial charge on any atom is -0.488 e. The van der Waals surface area contributed by atoms with E-state index in [9.17, 15) is 4.79 Å². The molecule has 0 spiro atoms. The minimum absolute atomic E-state index is 0.196. The van der Waals surface area contributed by atoms with Gasteiger partial charge in [0.2, 0.25) is 0 Å². The van der Waals surface area contributed by atoms with Gasteiger partial charge in [-0.25, -0.2) is 0 Å². The van der Waals surface area contributed by atoms with E-state index in [2.05, 4.69) is 11.9 Å². The third-order valence-electron chi connectivity index (χ3n) is 2.61. The molecule has 0 saturated heterocycles. The van der Waals surface area contributed by atoms with Crippen molar-refractivity contribution in [2.45, 2.75) is 13.5 Å². The average molecular weight is 271 g/mol. The molecule has 1 N–H and O–H groups in total. The SMILES string of the molecule is C=C(C)COc1ccccc1C(=O)NCc1ccco1. The van der Waals surface area contributed by atoms with Crippen LogP contribution in [0.4, 0.5) is 0 Å².